The number of nitro groups is 1. The summed E-state index contributed by atoms with van der Waals surface area (Å²) in [7, 11) is 0. The number of halogens is 1. The fourth-order valence-electron chi connectivity index (χ4n) is 2.50. The Balaban J connectivity index is 0.00000180. The highest BCUT2D eigenvalue weighted by atomic mass is 35.5. The molecule has 1 aliphatic rings. The van der Waals surface area contributed by atoms with E-state index in [2.05, 4.69) is 4.90 Å². The van der Waals surface area contributed by atoms with Crippen molar-refractivity contribution in [2.75, 3.05) is 13.1 Å². The van der Waals surface area contributed by atoms with Gasteiger partial charge in [-0.3, -0.25) is 15.0 Å². The van der Waals surface area contributed by atoms with Crippen LogP contribution in [0, 0.1) is 16.0 Å². The monoisotopic (exact) mass is 285 g/mol. The number of benzene rings is 1. The van der Waals surface area contributed by atoms with E-state index in [0.29, 0.717) is 12.5 Å². The smallest absolute Gasteiger partial charge is 0.273 e. The number of hydrogen-bond donors (Lipinski definition) is 1. The van der Waals surface area contributed by atoms with Crippen molar-refractivity contribution in [2.45, 2.75) is 25.9 Å². The molecule has 2 unspecified atom stereocenters. The molecule has 2 atom stereocenters. The van der Waals surface area contributed by atoms with Gasteiger partial charge in [0.2, 0.25) is 0 Å². The first-order valence-corrected chi connectivity index (χ1v) is 6.28. The standard InChI is InChI=1S/C13H19N3O2.ClH/c1-10(14)11-6-7-15(8-11)9-12-4-2-3-5-13(12)16(17)18;/h2-5,10-11H,6-9,14H2,1H3;1H. The predicted octanol–water partition coefficient (Wildman–Crippen LogP) is 2.19. The number of nitro benzene ring substituents is 1. The summed E-state index contributed by atoms with van der Waals surface area (Å²) < 4.78 is 0. The van der Waals surface area contributed by atoms with E-state index in [9.17, 15) is 10.1 Å². The third kappa shape index (κ3) is 3.89. The highest BCUT2D eigenvalue weighted by molar-refractivity contribution is 5.85. The Morgan fingerprint density at radius 2 is 2.21 bits per heavy atom. The van der Waals surface area contributed by atoms with Crippen molar-refractivity contribution in [3.05, 3.63) is 39.9 Å². The van der Waals surface area contributed by atoms with Gasteiger partial charge in [0.05, 0.1) is 4.92 Å². The van der Waals surface area contributed by atoms with Crippen molar-refractivity contribution < 1.29 is 4.92 Å². The zero-order chi connectivity index (χ0) is 13.1. The molecule has 0 spiro atoms. The lowest BCUT2D eigenvalue weighted by Crippen LogP contribution is -2.29. The van der Waals surface area contributed by atoms with E-state index in [1.165, 1.54) is 0 Å². The molecule has 0 amide bonds. The largest absolute Gasteiger partial charge is 0.328 e. The molecular formula is C13H20ClN3O2. The van der Waals surface area contributed by atoms with Gasteiger partial charge in [-0.15, -0.1) is 12.4 Å². The van der Waals surface area contributed by atoms with Crippen LogP contribution in [0.3, 0.4) is 0 Å². The highest BCUT2D eigenvalue weighted by Crippen LogP contribution is 2.24. The molecular weight excluding hydrogens is 266 g/mol. The molecule has 1 heterocycles. The van der Waals surface area contributed by atoms with Gasteiger partial charge in [-0.2, -0.15) is 0 Å². The maximum Gasteiger partial charge on any atom is 0.273 e. The summed E-state index contributed by atoms with van der Waals surface area (Å²) in [5, 5.41) is 10.9. The fraction of sp³-hybridized carbons (Fsp3) is 0.538. The quantitative estimate of drug-likeness (QED) is 0.680. The molecule has 1 aliphatic heterocycles. The van der Waals surface area contributed by atoms with Crippen LogP contribution >= 0.6 is 12.4 Å². The van der Waals surface area contributed by atoms with Gasteiger partial charge in [0.15, 0.2) is 0 Å². The lowest BCUT2D eigenvalue weighted by atomic mass is 10.0. The van der Waals surface area contributed by atoms with E-state index in [4.69, 9.17) is 5.73 Å². The SMILES string of the molecule is CC(N)C1CCN(Cc2ccccc2[N+](=O)[O-])C1.Cl. The zero-order valence-electron chi connectivity index (χ0n) is 11.0. The zero-order valence-corrected chi connectivity index (χ0v) is 11.8. The summed E-state index contributed by atoms with van der Waals surface area (Å²) in [5.41, 5.74) is 6.89. The summed E-state index contributed by atoms with van der Waals surface area (Å²) in [6.07, 6.45) is 1.08. The summed E-state index contributed by atoms with van der Waals surface area (Å²) in [6, 6.07) is 7.14. The fourth-order valence-corrected chi connectivity index (χ4v) is 2.50. The molecule has 0 aromatic heterocycles. The molecule has 5 nitrogen and oxygen atoms in total. The predicted molar refractivity (Wildman–Crippen MR) is 77.4 cm³/mol. The van der Waals surface area contributed by atoms with Crippen LogP contribution in [0.1, 0.15) is 18.9 Å². The van der Waals surface area contributed by atoms with Crippen LogP contribution in [0.5, 0.6) is 0 Å². The van der Waals surface area contributed by atoms with Crippen LogP contribution in [0.25, 0.3) is 0 Å². The van der Waals surface area contributed by atoms with Crippen LogP contribution in [-0.2, 0) is 6.54 Å². The minimum atomic E-state index is -0.311. The van der Waals surface area contributed by atoms with Crippen LogP contribution in [-0.4, -0.2) is 29.0 Å². The van der Waals surface area contributed by atoms with Crippen molar-refractivity contribution in [2.24, 2.45) is 11.7 Å². The van der Waals surface area contributed by atoms with E-state index in [0.717, 1.165) is 25.1 Å². The molecule has 0 saturated carbocycles. The van der Waals surface area contributed by atoms with E-state index in [1.54, 1.807) is 12.1 Å². The summed E-state index contributed by atoms with van der Waals surface area (Å²) in [4.78, 5) is 12.9. The van der Waals surface area contributed by atoms with E-state index in [-0.39, 0.29) is 29.1 Å². The van der Waals surface area contributed by atoms with Crippen LogP contribution in [0.4, 0.5) is 5.69 Å². The second-order valence-corrected chi connectivity index (χ2v) is 5.03. The summed E-state index contributed by atoms with van der Waals surface area (Å²) >= 11 is 0. The minimum absolute atomic E-state index is 0. The number of para-hydroxylation sites is 1. The van der Waals surface area contributed by atoms with Crippen LogP contribution < -0.4 is 5.73 Å². The van der Waals surface area contributed by atoms with Crippen LogP contribution in [0.15, 0.2) is 24.3 Å². The van der Waals surface area contributed by atoms with E-state index >= 15 is 0 Å². The van der Waals surface area contributed by atoms with Gasteiger partial charge in [0.1, 0.15) is 0 Å². The Morgan fingerprint density at radius 3 is 2.79 bits per heavy atom. The highest BCUT2D eigenvalue weighted by Gasteiger charge is 2.26. The van der Waals surface area contributed by atoms with Crippen molar-refractivity contribution in [1.82, 2.24) is 4.90 Å². The Bertz CT molecular complexity index is 440. The average molecular weight is 286 g/mol. The van der Waals surface area contributed by atoms with Gasteiger partial charge < -0.3 is 5.73 Å². The third-order valence-corrected chi connectivity index (χ3v) is 3.63. The van der Waals surface area contributed by atoms with Crippen LogP contribution in [0.2, 0.25) is 0 Å². The first kappa shape index (κ1) is 15.9. The first-order valence-electron chi connectivity index (χ1n) is 6.28. The number of rotatable bonds is 4. The molecule has 106 valence electrons. The molecule has 1 saturated heterocycles. The maximum atomic E-state index is 10.9. The molecule has 1 aromatic rings. The van der Waals surface area contributed by atoms with Crippen molar-refractivity contribution in [3.8, 4) is 0 Å². The Morgan fingerprint density at radius 1 is 1.53 bits per heavy atom. The Kier molecular flexibility index (Phi) is 5.72. The molecule has 2 N–H and O–H groups in total. The van der Waals surface area contributed by atoms with Gasteiger partial charge in [-0.25, -0.2) is 0 Å². The molecule has 6 heteroatoms. The normalized spacial score (nSPS) is 20.8. The number of hydrogen-bond acceptors (Lipinski definition) is 4. The van der Waals surface area contributed by atoms with Crippen molar-refractivity contribution in [3.63, 3.8) is 0 Å². The van der Waals surface area contributed by atoms with Gasteiger partial charge in [0, 0.05) is 30.8 Å². The molecule has 2 rings (SSSR count). The first-order chi connectivity index (χ1) is 8.58. The van der Waals surface area contributed by atoms with Gasteiger partial charge in [-0.1, -0.05) is 18.2 Å². The van der Waals surface area contributed by atoms with Gasteiger partial charge in [-0.05, 0) is 25.8 Å². The molecule has 1 fully saturated rings. The Hall–Kier alpha value is -1.17. The second-order valence-electron chi connectivity index (χ2n) is 5.03. The third-order valence-electron chi connectivity index (χ3n) is 3.63. The van der Waals surface area contributed by atoms with E-state index in [1.807, 2.05) is 19.1 Å². The van der Waals surface area contributed by atoms with Crippen molar-refractivity contribution >= 4 is 18.1 Å². The number of nitrogens with two attached hydrogens (primary N) is 1. The molecule has 0 bridgehead atoms. The molecule has 19 heavy (non-hydrogen) atoms. The maximum absolute atomic E-state index is 10.9. The summed E-state index contributed by atoms with van der Waals surface area (Å²) in [6.45, 7) is 4.57. The Labute approximate surface area is 119 Å². The van der Waals surface area contributed by atoms with Gasteiger partial charge >= 0.3 is 0 Å². The topological polar surface area (TPSA) is 72.4 Å². The second kappa shape index (κ2) is 6.84. The molecule has 0 aliphatic carbocycles. The lowest BCUT2D eigenvalue weighted by molar-refractivity contribution is -0.385. The molecule has 0 radical (unpaired) electrons. The van der Waals surface area contributed by atoms with Gasteiger partial charge in [0.25, 0.3) is 5.69 Å². The lowest BCUT2D eigenvalue weighted by Gasteiger charge is -2.17. The van der Waals surface area contributed by atoms with Crippen molar-refractivity contribution in [1.29, 1.82) is 0 Å². The summed E-state index contributed by atoms with van der Waals surface area (Å²) in [5.74, 6) is 0.507. The number of nitrogens with zero attached hydrogens (tertiary/aromatic N) is 2. The number of likely N-dealkylation sites (tertiary alicyclic amines) is 1. The van der Waals surface area contributed by atoms with E-state index < -0.39 is 0 Å². The molecule has 1 aromatic carbocycles. The minimum Gasteiger partial charge on any atom is -0.328 e. The average Bonchev–Trinajstić information content (AvgIpc) is 2.78.